The van der Waals surface area contributed by atoms with E-state index in [0.29, 0.717) is 27.3 Å². The third-order valence-corrected chi connectivity index (χ3v) is 5.92. The highest BCUT2D eigenvalue weighted by Gasteiger charge is 2.15. The van der Waals surface area contributed by atoms with Crippen molar-refractivity contribution in [2.24, 2.45) is 0 Å². The number of rotatable bonds is 9. The number of carbonyl (C=O) groups is 1. The number of nitriles is 1. The summed E-state index contributed by atoms with van der Waals surface area (Å²) in [5.41, 5.74) is 1.51. The Bertz CT molecular complexity index is 1150. The standard InChI is InChI=1S/C24H26N4O2S/c1-3-4-5-8-17(2)26-22(29)16-31-24-27-21-10-7-6-9-20(21)23(30)28(24)19-13-11-18(15-25)12-14-19/h6-7,9-14,17H,3-5,8,16H2,1-2H3,(H,26,29). The molecule has 1 atom stereocenters. The smallest absolute Gasteiger partial charge is 0.266 e. The number of nitrogens with one attached hydrogen (secondary N) is 1. The van der Waals surface area contributed by atoms with Crippen LogP contribution >= 0.6 is 11.8 Å². The lowest BCUT2D eigenvalue weighted by Crippen LogP contribution is -2.34. The molecular formula is C24H26N4O2S. The van der Waals surface area contributed by atoms with Gasteiger partial charge in [0, 0.05) is 6.04 Å². The zero-order valence-electron chi connectivity index (χ0n) is 17.8. The van der Waals surface area contributed by atoms with Gasteiger partial charge in [-0.2, -0.15) is 5.26 Å². The van der Waals surface area contributed by atoms with Crippen LogP contribution < -0.4 is 10.9 Å². The van der Waals surface area contributed by atoms with Gasteiger partial charge in [-0.1, -0.05) is 50.1 Å². The predicted molar refractivity (Wildman–Crippen MR) is 125 cm³/mol. The molecule has 0 fully saturated rings. The molecule has 1 unspecified atom stereocenters. The maximum Gasteiger partial charge on any atom is 0.266 e. The number of unbranched alkanes of at least 4 members (excludes halogenated alkanes) is 2. The molecule has 3 aromatic rings. The molecule has 1 aromatic heterocycles. The maximum absolute atomic E-state index is 13.2. The average molecular weight is 435 g/mol. The lowest BCUT2D eigenvalue weighted by atomic mass is 10.1. The van der Waals surface area contributed by atoms with Gasteiger partial charge < -0.3 is 5.32 Å². The maximum atomic E-state index is 13.2. The van der Waals surface area contributed by atoms with Crippen molar-refractivity contribution in [3.05, 3.63) is 64.4 Å². The van der Waals surface area contributed by atoms with Gasteiger partial charge in [0.25, 0.3) is 5.56 Å². The molecule has 3 rings (SSSR count). The van der Waals surface area contributed by atoms with Crippen molar-refractivity contribution in [3.8, 4) is 11.8 Å². The van der Waals surface area contributed by atoms with Crippen LogP contribution in [-0.2, 0) is 4.79 Å². The van der Waals surface area contributed by atoms with Crippen LogP contribution in [0.25, 0.3) is 16.6 Å². The predicted octanol–water partition coefficient (Wildman–Crippen LogP) is 4.43. The molecule has 2 aromatic carbocycles. The molecule has 0 saturated carbocycles. The molecule has 0 radical (unpaired) electrons. The van der Waals surface area contributed by atoms with E-state index in [1.54, 1.807) is 42.5 Å². The second-order valence-electron chi connectivity index (χ2n) is 7.46. The van der Waals surface area contributed by atoms with E-state index in [4.69, 9.17) is 5.26 Å². The minimum atomic E-state index is -0.203. The van der Waals surface area contributed by atoms with E-state index in [2.05, 4.69) is 23.3 Å². The minimum absolute atomic E-state index is 0.0808. The number of hydrogen-bond donors (Lipinski definition) is 1. The summed E-state index contributed by atoms with van der Waals surface area (Å²) in [6, 6.07) is 16.1. The summed E-state index contributed by atoms with van der Waals surface area (Å²) in [6.45, 7) is 4.17. The fourth-order valence-electron chi connectivity index (χ4n) is 3.34. The molecule has 6 nitrogen and oxygen atoms in total. The van der Waals surface area contributed by atoms with Gasteiger partial charge in [0.05, 0.1) is 34.0 Å². The second kappa shape index (κ2) is 10.8. The summed E-state index contributed by atoms with van der Waals surface area (Å²) >= 11 is 1.23. The first-order valence-corrected chi connectivity index (χ1v) is 11.5. The van der Waals surface area contributed by atoms with Crippen molar-refractivity contribution in [2.45, 2.75) is 50.7 Å². The Labute approximate surface area is 186 Å². The average Bonchev–Trinajstić information content (AvgIpc) is 2.78. The number of aromatic nitrogens is 2. The molecule has 0 aliphatic rings. The summed E-state index contributed by atoms with van der Waals surface area (Å²) in [5.74, 6) is 0.0851. The van der Waals surface area contributed by atoms with Crippen LogP contribution in [0, 0.1) is 11.3 Å². The van der Waals surface area contributed by atoms with Gasteiger partial charge in [-0.25, -0.2) is 4.98 Å². The number of thioether (sulfide) groups is 1. The molecule has 1 amide bonds. The van der Waals surface area contributed by atoms with E-state index in [-0.39, 0.29) is 23.3 Å². The monoisotopic (exact) mass is 434 g/mol. The first kappa shape index (κ1) is 22.6. The molecule has 0 aliphatic heterocycles. The van der Waals surface area contributed by atoms with E-state index in [1.807, 2.05) is 13.0 Å². The minimum Gasteiger partial charge on any atom is -0.353 e. The second-order valence-corrected chi connectivity index (χ2v) is 8.41. The van der Waals surface area contributed by atoms with Gasteiger partial charge in [-0.3, -0.25) is 14.2 Å². The van der Waals surface area contributed by atoms with Crippen molar-refractivity contribution in [1.29, 1.82) is 5.26 Å². The number of benzene rings is 2. The Morgan fingerprint density at radius 2 is 1.94 bits per heavy atom. The van der Waals surface area contributed by atoms with E-state index in [1.165, 1.54) is 16.3 Å². The highest BCUT2D eigenvalue weighted by Crippen LogP contribution is 2.21. The molecule has 0 aliphatic carbocycles. The quantitative estimate of drug-likeness (QED) is 0.306. The molecular weight excluding hydrogens is 408 g/mol. The number of carbonyl (C=O) groups excluding carboxylic acids is 1. The molecule has 7 heteroatoms. The first-order valence-electron chi connectivity index (χ1n) is 10.5. The molecule has 160 valence electrons. The van der Waals surface area contributed by atoms with Crippen LogP contribution in [-0.4, -0.2) is 27.3 Å². The molecule has 1 heterocycles. The van der Waals surface area contributed by atoms with E-state index in [9.17, 15) is 9.59 Å². The third-order valence-electron chi connectivity index (χ3n) is 4.98. The van der Waals surface area contributed by atoms with E-state index < -0.39 is 0 Å². The van der Waals surface area contributed by atoms with Gasteiger partial charge in [-0.05, 0) is 49.7 Å². The third kappa shape index (κ3) is 5.74. The number of fused-ring (bicyclic) bond motifs is 1. The zero-order valence-corrected chi connectivity index (χ0v) is 18.6. The van der Waals surface area contributed by atoms with Crippen LogP contribution in [0.5, 0.6) is 0 Å². The Balaban J connectivity index is 1.86. The number of para-hydroxylation sites is 1. The van der Waals surface area contributed by atoms with E-state index in [0.717, 1.165) is 25.7 Å². The summed E-state index contributed by atoms with van der Waals surface area (Å²) in [4.78, 5) is 30.3. The molecule has 0 spiro atoms. The van der Waals surface area contributed by atoms with Gasteiger partial charge >= 0.3 is 0 Å². The van der Waals surface area contributed by atoms with Crippen LogP contribution in [0.2, 0.25) is 0 Å². The SMILES string of the molecule is CCCCCC(C)NC(=O)CSc1nc2ccccc2c(=O)n1-c1ccc(C#N)cc1. The molecule has 1 N–H and O–H groups in total. The van der Waals surface area contributed by atoms with Gasteiger partial charge in [0.2, 0.25) is 5.91 Å². The largest absolute Gasteiger partial charge is 0.353 e. The van der Waals surface area contributed by atoms with Crippen molar-refractivity contribution in [2.75, 3.05) is 5.75 Å². The number of nitrogens with zero attached hydrogens (tertiary/aromatic N) is 3. The molecule has 0 bridgehead atoms. The Morgan fingerprint density at radius 3 is 2.65 bits per heavy atom. The van der Waals surface area contributed by atoms with E-state index >= 15 is 0 Å². The number of hydrogen-bond acceptors (Lipinski definition) is 5. The van der Waals surface area contributed by atoms with Crippen LogP contribution in [0.4, 0.5) is 0 Å². The fourth-order valence-corrected chi connectivity index (χ4v) is 4.17. The number of amides is 1. The summed E-state index contributed by atoms with van der Waals surface area (Å²) in [6.07, 6.45) is 4.35. The molecule has 31 heavy (non-hydrogen) atoms. The lowest BCUT2D eigenvalue weighted by molar-refractivity contribution is -0.119. The zero-order chi connectivity index (χ0) is 22.2. The van der Waals surface area contributed by atoms with Gasteiger partial charge in [0.15, 0.2) is 5.16 Å². The van der Waals surface area contributed by atoms with Crippen molar-refractivity contribution < 1.29 is 4.79 Å². The highest BCUT2D eigenvalue weighted by molar-refractivity contribution is 7.99. The Morgan fingerprint density at radius 1 is 1.19 bits per heavy atom. The Hall–Kier alpha value is -3.11. The Kier molecular flexibility index (Phi) is 7.85. The van der Waals surface area contributed by atoms with Crippen molar-refractivity contribution in [3.63, 3.8) is 0 Å². The highest BCUT2D eigenvalue weighted by atomic mass is 32.2. The first-order chi connectivity index (χ1) is 15.0. The topological polar surface area (TPSA) is 87.8 Å². The van der Waals surface area contributed by atoms with Crippen LogP contribution in [0.1, 0.15) is 45.1 Å². The lowest BCUT2D eigenvalue weighted by Gasteiger charge is -2.15. The van der Waals surface area contributed by atoms with Crippen molar-refractivity contribution in [1.82, 2.24) is 14.9 Å². The summed E-state index contributed by atoms with van der Waals surface area (Å²) in [5, 5.41) is 13.0. The normalized spacial score (nSPS) is 11.8. The van der Waals surface area contributed by atoms with Crippen LogP contribution in [0.15, 0.2) is 58.5 Å². The van der Waals surface area contributed by atoms with Gasteiger partial charge in [-0.15, -0.1) is 0 Å². The fraction of sp³-hybridized carbons (Fsp3) is 0.333. The van der Waals surface area contributed by atoms with Crippen molar-refractivity contribution >= 4 is 28.6 Å². The molecule has 0 saturated heterocycles. The summed E-state index contributed by atoms with van der Waals surface area (Å²) in [7, 11) is 0. The van der Waals surface area contributed by atoms with Crippen LogP contribution in [0.3, 0.4) is 0 Å². The summed E-state index contributed by atoms with van der Waals surface area (Å²) < 4.78 is 1.51. The van der Waals surface area contributed by atoms with Gasteiger partial charge in [0.1, 0.15) is 0 Å².